The van der Waals surface area contributed by atoms with Crippen molar-refractivity contribution in [3.05, 3.63) is 40.6 Å². The van der Waals surface area contributed by atoms with Gasteiger partial charge in [0.25, 0.3) is 0 Å². The highest BCUT2D eigenvalue weighted by molar-refractivity contribution is 5.51. The summed E-state index contributed by atoms with van der Waals surface area (Å²) in [6, 6.07) is 5.72. The van der Waals surface area contributed by atoms with Gasteiger partial charge >= 0.3 is 5.69 Å². The van der Waals surface area contributed by atoms with Crippen LogP contribution in [0.4, 0.5) is 11.6 Å². The van der Waals surface area contributed by atoms with Crippen LogP contribution in [0.15, 0.2) is 30.5 Å². The summed E-state index contributed by atoms with van der Waals surface area (Å²) < 4.78 is 10.3. The summed E-state index contributed by atoms with van der Waals surface area (Å²) in [6.45, 7) is 0. The number of anilines is 1. The minimum Gasteiger partial charge on any atom is -0.490 e. The van der Waals surface area contributed by atoms with Gasteiger partial charge in [-0.3, -0.25) is 15.5 Å². The number of aromatic nitrogens is 2. The summed E-state index contributed by atoms with van der Waals surface area (Å²) >= 11 is 0. The fourth-order valence-corrected chi connectivity index (χ4v) is 1.47. The standard InChI is InChI=1S/C11H11N5O4/c1-19-9-3-2-7(6-8(9)16(17)18)20-10-4-5-13-11(14-10)15-12/h2-6H,12H2,1H3,(H,13,14,15). The predicted molar refractivity (Wildman–Crippen MR) is 69.6 cm³/mol. The smallest absolute Gasteiger partial charge is 0.314 e. The molecule has 0 amide bonds. The monoisotopic (exact) mass is 277 g/mol. The number of hydrogen-bond acceptors (Lipinski definition) is 8. The van der Waals surface area contributed by atoms with Gasteiger partial charge in [0, 0.05) is 12.3 Å². The predicted octanol–water partition coefficient (Wildman–Crippen LogP) is 1.47. The average Bonchev–Trinajstić information content (AvgIpc) is 2.47. The van der Waals surface area contributed by atoms with Gasteiger partial charge in [-0.05, 0) is 12.1 Å². The average molecular weight is 277 g/mol. The molecule has 1 aromatic carbocycles. The van der Waals surface area contributed by atoms with Crippen LogP contribution in [0.3, 0.4) is 0 Å². The molecule has 0 saturated heterocycles. The Bertz CT molecular complexity index is 634. The first-order valence-corrected chi connectivity index (χ1v) is 5.44. The van der Waals surface area contributed by atoms with Gasteiger partial charge < -0.3 is 9.47 Å². The topological polar surface area (TPSA) is 125 Å². The molecule has 20 heavy (non-hydrogen) atoms. The van der Waals surface area contributed by atoms with Gasteiger partial charge in [-0.25, -0.2) is 10.8 Å². The van der Waals surface area contributed by atoms with E-state index >= 15 is 0 Å². The molecule has 0 saturated carbocycles. The Labute approximate surface area is 113 Å². The Kier molecular flexibility index (Phi) is 3.91. The second-order valence-corrected chi connectivity index (χ2v) is 3.56. The minimum atomic E-state index is -0.557. The van der Waals surface area contributed by atoms with E-state index in [-0.39, 0.29) is 29.0 Å². The largest absolute Gasteiger partial charge is 0.490 e. The molecule has 0 aliphatic rings. The summed E-state index contributed by atoms with van der Waals surface area (Å²) in [4.78, 5) is 18.1. The van der Waals surface area contributed by atoms with Crippen LogP contribution in [-0.4, -0.2) is 22.0 Å². The Hall–Kier alpha value is -2.94. The third-order valence-electron chi connectivity index (χ3n) is 2.33. The van der Waals surface area contributed by atoms with Crippen molar-refractivity contribution in [2.75, 3.05) is 12.5 Å². The lowest BCUT2D eigenvalue weighted by molar-refractivity contribution is -0.385. The van der Waals surface area contributed by atoms with Gasteiger partial charge in [-0.2, -0.15) is 4.98 Å². The molecule has 0 aliphatic heterocycles. The number of ether oxygens (including phenoxy) is 2. The molecule has 0 atom stereocenters. The Morgan fingerprint density at radius 3 is 2.85 bits per heavy atom. The number of nitrogens with two attached hydrogens (primary N) is 1. The molecule has 1 aromatic heterocycles. The second-order valence-electron chi connectivity index (χ2n) is 3.56. The zero-order valence-corrected chi connectivity index (χ0v) is 10.4. The van der Waals surface area contributed by atoms with Gasteiger partial charge in [0.2, 0.25) is 11.8 Å². The van der Waals surface area contributed by atoms with E-state index in [2.05, 4.69) is 15.4 Å². The van der Waals surface area contributed by atoms with E-state index in [0.717, 1.165) is 0 Å². The Balaban J connectivity index is 2.29. The van der Waals surface area contributed by atoms with E-state index in [1.165, 1.54) is 37.6 Å². The number of nitro groups is 1. The van der Waals surface area contributed by atoms with Crippen molar-refractivity contribution < 1.29 is 14.4 Å². The Morgan fingerprint density at radius 1 is 1.40 bits per heavy atom. The molecule has 9 nitrogen and oxygen atoms in total. The van der Waals surface area contributed by atoms with E-state index in [1.54, 1.807) is 0 Å². The molecule has 0 bridgehead atoms. The maximum atomic E-state index is 10.9. The maximum absolute atomic E-state index is 10.9. The first-order chi connectivity index (χ1) is 9.63. The second kappa shape index (κ2) is 5.80. The van der Waals surface area contributed by atoms with Crippen molar-refractivity contribution in [3.63, 3.8) is 0 Å². The van der Waals surface area contributed by atoms with Gasteiger partial charge in [-0.15, -0.1) is 0 Å². The maximum Gasteiger partial charge on any atom is 0.314 e. The third-order valence-corrected chi connectivity index (χ3v) is 2.33. The van der Waals surface area contributed by atoms with Crippen molar-refractivity contribution >= 4 is 11.6 Å². The lowest BCUT2D eigenvalue weighted by atomic mass is 10.3. The number of methoxy groups -OCH3 is 1. The van der Waals surface area contributed by atoms with Crippen LogP contribution in [0.2, 0.25) is 0 Å². The number of nitrogens with one attached hydrogen (secondary N) is 1. The molecule has 9 heteroatoms. The van der Waals surface area contributed by atoms with E-state index in [1.807, 2.05) is 0 Å². The summed E-state index contributed by atoms with van der Waals surface area (Å²) in [6.07, 6.45) is 1.44. The van der Waals surface area contributed by atoms with Crippen LogP contribution in [0.5, 0.6) is 17.4 Å². The molecule has 0 unspecified atom stereocenters. The van der Waals surface area contributed by atoms with Crippen LogP contribution >= 0.6 is 0 Å². The Morgan fingerprint density at radius 2 is 2.20 bits per heavy atom. The lowest BCUT2D eigenvalue weighted by Gasteiger charge is -2.07. The van der Waals surface area contributed by atoms with Crippen LogP contribution in [-0.2, 0) is 0 Å². The number of nitrogen functional groups attached to an aromatic ring is 1. The van der Waals surface area contributed by atoms with Crippen LogP contribution in [0.25, 0.3) is 0 Å². The number of benzene rings is 1. The fraction of sp³-hybridized carbons (Fsp3) is 0.0909. The minimum absolute atomic E-state index is 0.148. The lowest BCUT2D eigenvalue weighted by Crippen LogP contribution is -2.10. The summed E-state index contributed by atoms with van der Waals surface area (Å²) in [5, 5.41) is 10.9. The number of rotatable bonds is 5. The zero-order chi connectivity index (χ0) is 14.5. The molecule has 0 radical (unpaired) electrons. The van der Waals surface area contributed by atoms with Gasteiger partial charge in [-0.1, -0.05) is 0 Å². The van der Waals surface area contributed by atoms with Gasteiger partial charge in [0.15, 0.2) is 5.75 Å². The molecule has 2 aromatic rings. The zero-order valence-electron chi connectivity index (χ0n) is 10.4. The highest BCUT2D eigenvalue weighted by Gasteiger charge is 2.16. The van der Waals surface area contributed by atoms with Crippen molar-refractivity contribution in [1.29, 1.82) is 0 Å². The fourth-order valence-electron chi connectivity index (χ4n) is 1.47. The first-order valence-electron chi connectivity index (χ1n) is 5.44. The first kappa shape index (κ1) is 13.5. The van der Waals surface area contributed by atoms with Crippen molar-refractivity contribution in [3.8, 4) is 17.4 Å². The van der Waals surface area contributed by atoms with Gasteiger partial charge in [0.1, 0.15) is 5.75 Å². The van der Waals surface area contributed by atoms with Crippen LogP contribution in [0, 0.1) is 10.1 Å². The number of hydrogen-bond donors (Lipinski definition) is 2. The molecule has 1 heterocycles. The normalized spacial score (nSPS) is 9.90. The molecule has 0 fully saturated rings. The SMILES string of the molecule is COc1ccc(Oc2ccnc(NN)n2)cc1[N+](=O)[O-]. The van der Waals surface area contributed by atoms with E-state index in [4.69, 9.17) is 15.3 Å². The summed E-state index contributed by atoms with van der Waals surface area (Å²) in [5.74, 6) is 5.95. The van der Waals surface area contributed by atoms with E-state index in [0.29, 0.717) is 0 Å². The number of hydrazine groups is 1. The summed E-state index contributed by atoms with van der Waals surface area (Å²) in [5.41, 5.74) is 2.07. The molecule has 2 rings (SSSR count). The van der Waals surface area contributed by atoms with Crippen molar-refractivity contribution in [2.45, 2.75) is 0 Å². The van der Waals surface area contributed by atoms with Crippen molar-refractivity contribution in [2.24, 2.45) is 5.84 Å². The summed E-state index contributed by atoms with van der Waals surface area (Å²) in [7, 11) is 1.35. The van der Waals surface area contributed by atoms with Crippen molar-refractivity contribution in [1.82, 2.24) is 9.97 Å². The molecule has 0 spiro atoms. The van der Waals surface area contributed by atoms with Gasteiger partial charge in [0.05, 0.1) is 18.1 Å². The molecular formula is C11H11N5O4. The molecular weight excluding hydrogens is 266 g/mol. The number of nitro benzene ring substituents is 1. The van der Waals surface area contributed by atoms with Crippen LogP contribution in [0.1, 0.15) is 0 Å². The molecule has 0 aliphatic carbocycles. The quantitative estimate of drug-likeness (QED) is 0.478. The number of nitrogens with zero attached hydrogens (tertiary/aromatic N) is 3. The van der Waals surface area contributed by atoms with E-state index in [9.17, 15) is 10.1 Å². The third kappa shape index (κ3) is 2.90. The highest BCUT2D eigenvalue weighted by atomic mass is 16.6. The van der Waals surface area contributed by atoms with E-state index < -0.39 is 4.92 Å². The molecule has 3 N–H and O–H groups in total. The molecule has 104 valence electrons. The van der Waals surface area contributed by atoms with Crippen LogP contribution < -0.4 is 20.7 Å². The highest BCUT2D eigenvalue weighted by Crippen LogP contribution is 2.32.